The van der Waals surface area contributed by atoms with E-state index >= 15 is 0 Å². The summed E-state index contributed by atoms with van der Waals surface area (Å²) in [6.45, 7) is 4.38. The highest BCUT2D eigenvalue weighted by Crippen LogP contribution is 2.48. The molecule has 2 bridgehead atoms. The van der Waals surface area contributed by atoms with Gasteiger partial charge in [0.05, 0.1) is 5.69 Å². The van der Waals surface area contributed by atoms with Gasteiger partial charge in [-0.25, -0.2) is 4.98 Å². The van der Waals surface area contributed by atoms with Crippen LogP contribution in [0.5, 0.6) is 0 Å². The summed E-state index contributed by atoms with van der Waals surface area (Å²) < 4.78 is 0. The van der Waals surface area contributed by atoms with Gasteiger partial charge in [-0.1, -0.05) is 6.42 Å². The molecule has 3 aliphatic rings. The molecule has 3 saturated carbocycles. The topological polar surface area (TPSA) is 28.2 Å². The lowest BCUT2D eigenvalue weighted by molar-refractivity contribution is 0.337. The van der Waals surface area contributed by atoms with Crippen molar-refractivity contribution in [2.24, 2.45) is 17.8 Å². The van der Waals surface area contributed by atoms with Gasteiger partial charge in [0, 0.05) is 31.1 Å². The molecule has 0 aromatic carbocycles. The van der Waals surface area contributed by atoms with E-state index in [1.54, 1.807) is 0 Å². The van der Waals surface area contributed by atoms with Crippen LogP contribution >= 0.6 is 11.3 Å². The van der Waals surface area contributed by atoms with Crippen LogP contribution in [-0.2, 0) is 6.54 Å². The Morgan fingerprint density at radius 3 is 2.76 bits per heavy atom. The van der Waals surface area contributed by atoms with E-state index in [9.17, 15) is 0 Å². The zero-order valence-electron chi connectivity index (χ0n) is 13.3. The van der Waals surface area contributed by atoms with Crippen LogP contribution < -0.4 is 10.2 Å². The van der Waals surface area contributed by atoms with E-state index in [1.807, 2.05) is 11.3 Å². The average molecular weight is 305 g/mol. The monoisotopic (exact) mass is 305 g/mol. The SMILES string of the molecule is Cc1nc(N(C)CC2CC3CCC2C3)sc1CNC1CC1. The number of rotatable bonds is 6. The lowest BCUT2D eigenvalue weighted by Gasteiger charge is -2.26. The molecule has 4 heteroatoms. The van der Waals surface area contributed by atoms with Crippen LogP contribution in [0.25, 0.3) is 0 Å². The van der Waals surface area contributed by atoms with Gasteiger partial charge < -0.3 is 10.2 Å². The van der Waals surface area contributed by atoms with Gasteiger partial charge in [0.15, 0.2) is 5.13 Å². The molecule has 0 saturated heterocycles. The number of nitrogens with one attached hydrogen (secondary N) is 1. The molecule has 0 radical (unpaired) electrons. The molecule has 0 aliphatic heterocycles. The summed E-state index contributed by atoms with van der Waals surface area (Å²) in [5, 5.41) is 4.84. The second-order valence-corrected chi connectivity index (χ2v) is 8.54. The number of thiazole rings is 1. The van der Waals surface area contributed by atoms with Crippen LogP contribution in [0.15, 0.2) is 0 Å². The number of fused-ring (bicyclic) bond motifs is 2. The third-order valence-corrected chi connectivity index (χ3v) is 7.00. The van der Waals surface area contributed by atoms with Gasteiger partial charge in [-0.2, -0.15) is 0 Å². The molecule has 1 aromatic heterocycles. The fourth-order valence-corrected chi connectivity index (χ4v) is 5.28. The van der Waals surface area contributed by atoms with Crippen molar-refractivity contribution in [3.63, 3.8) is 0 Å². The van der Waals surface area contributed by atoms with Gasteiger partial charge in [0.1, 0.15) is 0 Å². The maximum absolute atomic E-state index is 4.82. The number of aryl methyl sites for hydroxylation is 1. The first-order chi connectivity index (χ1) is 10.2. The van der Waals surface area contributed by atoms with Crippen molar-refractivity contribution in [1.29, 1.82) is 0 Å². The van der Waals surface area contributed by atoms with Crippen LogP contribution in [0.1, 0.15) is 49.1 Å². The molecule has 21 heavy (non-hydrogen) atoms. The molecule has 0 spiro atoms. The Balaban J connectivity index is 1.37. The minimum atomic E-state index is 0.779. The van der Waals surface area contributed by atoms with Gasteiger partial charge in [-0.15, -0.1) is 11.3 Å². The maximum Gasteiger partial charge on any atom is 0.185 e. The first kappa shape index (κ1) is 14.0. The zero-order valence-corrected chi connectivity index (χ0v) is 14.1. The predicted octanol–water partition coefficient (Wildman–Crippen LogP) is 3.58. The van der Waals surface area contributed by atoms with Gasteiger partial charge in [-0.05, 0) is 56.8 Å². The Hall–Kier alpha value is -0.610. The molecule has 3 atom stereocenters. The number of nitrogens with zero attached hydrogens (tertiary/aromatic N) is 2. The minimum absolute atomic E-state index is 0.779. The van der Waals surface area contributed by atoms with E-state index < -0.39 is 0 Å². The zero-order chi connectivity index (χ0) is 14.4. The summed E-state index contributed by atoms with van der Waals surface area (Å²) in [7, 11) is 2.24. The lowest BCUT2D eigenvalue weighted by Crippen LogP contribution is -2.28. The van der Waals surface area contributed by atoms with Crippen molar-refractivity contribution in [3.8, 4) is 0 Å². The summed E-state index contributed by atoms with van der Waals surface area (Å²) in [5.41, 5.74) is 1.22. The van der Waals surface area contributed by atoms with E-state index in [2.05, 4.69) is 24.2 Å². The molecule has 0 amide bonds. The molecular formula is C17H27N3S. The first-order valence-corrected chi connectivity index (χ1v) is 9.41. The highest BCUT2D eigenvalue weighted by molar-refractivity contribution is 7.15. The largest absolute Gasteiger partial charge is 0.351 e. The Labute approximate surface area is 132 Å². The third-order valence-electron chi connectivity index (χ3n) is 5.73. The fourth-order valence-electron chi connectivity index (χ4n) is 4.29. The van der Waals surface area contributed by atoms with Crippen molar-refractivity contribution in [3.05, 3.63) is 10.6 Å². The Morgan fingerprint density at radius 1 is 1.24 bits per heavy atom. The van der Waals surface area contributed by atoms with Crippen molar-refractivity contribution < 1.29 is 0 Å². The minimum Gasteiger partial charge on any atom is -0.351 e. The summed E-state index contributed by atoms with van der Waals surface area (Å²) in [6, 6.07) is 0.779. The van der Waals surface area contributed by atoms with E-state index in [4.69, 9.17) is 4.98 Å². The summed E-state index contributed by atoms with van der Waals surface area (Å²) in [6.07, 6.45) is 8.67. The van der Waals surface area contributed by atoms with E-state index in [1.165, 1.54) is 60.8 Å². The quantitative estimate of drug-likeness (QED) is 0.871. The maximum atomic E-state index is 4.82. The second kappa shape index (κ2) is 5.54. The average Bonchev–Trinajstić information content (AvgIpc) is 2.89. The molecule has 3 aliphatic carbocycles. The van der Waals surface area contributed by atoms with Gasteiger partial charge >= 0.3 is 0 Å². The number of hydrogen-bond acceptors (Lipinski definition) is 4. The van der Waals surface area contributed by atoms with Crippen LogP contribution in [0.2, 0.25) is 0 Å². The van der Waals surface area contributed by atoms with Crippen molar-refractivity contribution in [2.75, 3.05) is 18.5 Å². The first-order valence-electron chi connectivity index (χ1n) is 8.60. The Morgan fingerprint density at radius 2 is 2.10 bits per heavy atom. The van der Waals surface area contributed by atoms with E-state index in [0.29, 0.717) is 0 Å². The van der Waals surface area contributed by atoms with E-state index in [-0.39, 0.29) is 0 Å². The second-order valence-electron chi connectivity index (χ2n) is 7.48. The number of anilines is 1. The molecule has 1 heterocycles. The molecule has 116 valence electrons. The molecule has 3 fully saturated rings. The van der Waals surface area contributed by atoms with Crippen molar-refractivity contribution in [2.45, 2.75) is 58.0 Å². The highest BCUT2D eigenvalue weighted by Gasteiger charge is 2.39. The number of hydrogen-bond donors (Lipinski definition) is 1. The van der Waals surface area contributed by atoms with Crippen LogP contribution in [0.4, 0.5) is 5.13 Å². The molecular weight excluding hydrogens is 278 g/mol. The summed E-state index contributed by atoms with van der Waals surface area (Å²) in [5.74, 6) is 2.98. The molecule has 3 nitrogen and oxygen atoms in total. The predicted molar refractivity (Wildman–Crippen MR) is 88.9 cm³/mol. The lowest BCUT2D eigenvalue weighted by atomic mass is 9.88. The normalized spacial score (nSPS) is 31.0. The van der Waals surface area contributed by atoms with Crippen molar-refractivity contribution in [1.82, 2.24) is 10.3 Å². The van der Waals surface area contributed by atoms with Gasteiger partial charge in [0.2, 0.25) is 0 Å². The summed E-state index contributed by atoms with van der Waals surface area (Å²) in [4.78, 5) is 8.67. The number of aromatic nitrogens is 1. The van der Waals surface area contributed by atoms with Crippen LogP contribution in [-0.4, -0.2) is 24.6 Å². The summed E-state index contributed by atoms with van der Waals surface area (Å²) >= 11 is 1.89. The van der Waals surface area contributed by atoms with Crippen LogP contribution in [0, 0.1) is 24.7 Å². The smallest absolute Gasteiger partial charge is 0.185 e. The molecule has 1 N–H and O–H groups in total. The molecule has 4 rings (SSSR count). The van der Waals surface area contributed by atoms with Crippen LogP contribution in [0.3, 0.4) is 0 Å². The van der Waals surface area contributed by atoms with Crippen molar-refractivity contribution >= 4 is 16.5 Å². The third kappa shape index (κ3) is 2.98. The van der Waals surface area contributed by atoms with Gasteiger partial charge in [-0.3, -0.25) is 0 Å². The Kier molecular flexibility index (Phi) is 3.70. The van der Waals surface area contributed by atoms with Gasteiger partial charge in [0.25, 0.3) is 0 Å². The fraction of sp³-hybridized carbons (Fsp3) is 0.824. The Bertz CT molecular complexity index is 508. The highest BCUT2D eigenvalue weighted by atomic mass is 32.1. The molecule has 3 unspecified atom stereocenters. The standard InChI is InChI=1S/C17H27N3S/c1-11-16(9-18-15-5-6-15)21-17(19-11)20(2)10-14-8-12-3-4-13(14)7-12/h12-15,18H,3-10H2,1-2H3. The molecule has 1 aromatic rings. The van der Waals surface area contributed by atoms with E-state index in [0.717, 1.165) is 30.3 Å².